The largest absolute Gasteiger partial charge is 0.480 e. The molecule has 5 atom stereocenters. The van der Waals surface area contributed by atoms with Gasteiger partial charge in [0.1, 0.15) is 18.1 Å². The maximum atomic E-state index is 12.8. The molecule has 0 aliphatic rings. The number of carbonyl (C=O) groups excluding carboxylic acids is 4. The van der Waals surface area contributed by atoms with E-state index >= 15 is 0 Å². The Morgan fingerprint density at radius 2 is 1.52 bits per heavy atom. The number of carbonyl (C=O) groups is 5. The summed E-state index contributed by atoms with van der Waals surface area (Å²) in [6.45, 7) is 3.08. The molecule has 5 unspecified atom stereocenters. The van der Waals surface area contributed by atoms with Crippen molar-refractivity contribution in [3.63, 3.8) is 0 Å². The van der Waals surface area contributed by atoms with Crippen LogP contribution < -0.4 is 33.2 Å². The Kier molecular flexibility index (Phi) is 14.6. The minimum absolute atomic E-state index is 0.00157. The number of hydrogen-bond donors (Lipinski definition) is 8. The molecule has 0 rings (SSSR count). The summed E-state index contributed by atoms with van der Waals surface area (Å²) in [6, 6.07) is -4.79. The molecule has 13 heteroatoms. The molecule has 0 saturated heterocycles. The zero-order valence-electron chi connectivity index (χ0n) is 19.2. The molecule has 0 spiro atoms. The van der Waals surface area contributed by atoms with Crippen LogP contribution in [0, 0.1) is 5.92 Å². The number of hydrogen-bond acceptors (Lipinski definition) is 8. The van der Waals surface area contributed by atoms with Crippen molar-refractivity contribution >= 4 is 29.6 Å². The summed E-state index contributed by atoms with van der Waals surface area (Å²) >= 11 is 0. The van der Waals surface area contributed by atoms with Crippen molar-refractivity contribution in [2.75, 3.05) is 13.2 Å². The van der Waals surface area contributed by atoms with Crippen molar-refractivity contribution in [1.29, 1.82) is 0 Å². The van der Waals surface area contributed by atoms with Crippen LogP contribution in [0.25, 0.3) is 0 Å². The lowest BCUT2D eigenvalue weighted by Crippen LogP contribution is -2.59. The third-order valence-electron chi connectivity index (χ3n) is 5.21. The van der Waals surface area contributed by atoms with E-state index in [4.69, 9.17) is 17.2 Å². The lowest BCUT2D eigenvalue weighted by atomic mass is 9.97. The number of aliphatic hydroxyl groups is 1. The number of aliphatic hydroxyl groups excluding tert-OH is 1. The molecular weight excluding hydrogens is 436 g/mol. The third kappa shape index (κ3) is 11.6. The van der Waals surface area contributed by atoms with Gasteiger partial charge < -0.3 is 43.4 Å². The zero-order chi connectivity index (χ0) is 25.6. The summed E-state index contributed by atoms with van der Waals surface area (Å²) in [5, 5.41) is 26.0. The van der Waals surface area contributed by atoms with Gasteiger partial charge in [0.05, 0.1) is 12.6 Å². The van der Waals surface area contributed by atoms with Gasteiger partial charge in [-0.15, -0.1) is 0 Å². The van der Waals surface area contributed by atoms with Crippen molar-refractivity contribution in [2.45, 2.75) is 76.5 Å². The van der Waals surface area contributed by atoms with E-state index < -0.39 is 60.4 Å². The molecule has 11 N–H and O–H groups in total. The van der Waals surface area contributed by atoms with Crippen LogP contribution in [0.1, 0.15) is 52.4 Å². The van der Waals surface area contributed by atoms with Gasteiger partial charge in [-0.05, 0) is 38.1 Å². The average molecular weight is 475 g/mol. The number of amides is 4. The fourth-order valence-electron chi connectivity index (χ4n) is 2.87. The van der Waals surface area contributed by atoms with E-state index in [1.807, 2.05) is 0 Å². The van der Waals surface area contributed by atoms with Gasteiger partial charge in [-0.1, -0.05) is 20.3 Å². The summed E-state index contributed by atoms with van der Waals surface area (Å²) < 4.78 is 0. The van der Waals surface area contributed by atoms with Crippen LogP contribution >= 0.6 is 0 Å². The lowest BCUT2D eigenvalue weighted by molar-refractivity contribution is -0.143. The summed E-state index contributed by atoms with van der Waals surface area (Å²) in [5.41, 5.74) is 16.2. The van der Waals surface area contributed by atoms with Crippen molar-refractivity contribution in [3.05, 3.63) is 0 Å². The van der Waals surface area contributed by atoms with E-state index in [1.165, 1.54) is 0 Å². The van der Waals surface area contributed by atoms with Crippen LogP contribution in [0.2, 0.25) is 0 Å². The fourth-order valence-corrected chi connectivity index (χ4v) is 2.87. The van der Waals surface area contributed by atoms with Gasteiger partial charge in [0, 0.05) is 6.42 Å². The molecule has 0 fully saturated rings. The number of primary amides is 1. The molecule has 0 aromatic carbocycles. The van der Waals surface area contributed by atoms with Crippen LogP contribution in [-0.4, -0.2) is 77.1 Å². The van der Waals surface area contributed by atoms with Gasteiger partial charge in [-0.2, -0.15) is 0 Å². The van der Waals surface area contributed by atoms with Gasteiger partial charge in [0.25, 0.3) is 0 Å². The summed E-state index contributed by atoms with van der Waals surface area (Å²) in [5.74, 6) is -4.52. The molecule has 0 aliphatic carbocycles. The van der Waals surface area contributed by atoms with Gasteiger partial charge in [0.15, 0.2) is 0 Å². The molecule has 0 aromatic rings. The molecule has 190 valence electrons. The number of rotatable bonds is 17. The standard InChI is InChI=1S/C20H38N6O7/c1-3-11(2)16(26-17(29)12(22)7-8-15(23)28)19(31)25-14(10-27)18(30)24-13(20(32)33)6-4-5-9-21/h11-14,16,27H,3-10,21-22H2,1-2H3,(H2,23,28)(H,24,30)(H,25,31)(H,26,29)(H,32,33). The summed E-state index contributed by atoms with van der Waals surface area (Å²) in [4.78, 5) is 59.9. The number of carboxylic acid groups (broad SMARTS) is 1. The number of nitrogens with two attached hydrogens (primary N) is 3. The van der Waals surface area contributed by atoms with E-state index in [0.717, 1.165) is 0 Å². The van der Waals surface area contributed by atoms with Gasteiger partial charge in [-0.25, -0.2) is 4.79 Å². The Labute approximate surface area is 193 Å². The smallest absolute Gasteiger partial charge is 0.326 e. The molecule has 33 heavy (non-hydrogen) atoms. The fraction of sp³-hybridized carbons (Fsp3) is 0.750. The van der Waals surface area contributed by atoms with Gasteiger partial charge in [0.2, 0.25) is 23.6 Å². The normalized spacial score (nSPS) is 15.4. The van der Waals surface area contributed by atoms with Crippen LogP contribution in [0.5, 0.6) is 0 Å². The highest BCUT2D eigenvalue weighted by Crippen LogP contribution is 2.10. The molecule has 0 aromatic heterocycles. The van der Waals surface area contributed by atoms with Crippen molar-refractivity contribution in [1.82, 2.24) is 16.0 Å². The number of nitrogens with one attached hydrogen (secondary N) is 3. The maximum absolute atomic E-state index is 12.8. The maximum Gasteiger partial charge on any atom is 0.326 e. The molecule has 0 bridgehead atoms. The highest BCUT2D eigenvalue weighted by Gasteiger charge is 2.32. The first-order valence-corrected chi connectivity index (χ1v) is 11.0. The highest BCUT2D eigenvalue weighted by molar-refractivity contribution is 5.94. The van der Waals surface area contributed by atoms with Crippen molar-refractivity contribution < 1.29 is 34.2 Å². The summed E-state index contributed by atoms with van der Waals surface area (Å²) in [6.07, 6.45) is 1.59. The summed E-state index contributed by atoms with van der Waals surface area (Å²) in [7, 11) is 0. The Bertz CT molecular complexity index is 675. The zero-order valence-corrected chi connectivity index (χ0v) is 19.2. The molecular formula is C20H38N6O7. The lowest BCUT2D eigenvalue weighted by Gasteiger charge is -2.27. The van der Waals surface area contributed by atoms with E-state index in [9.17, 15) is 34.2 Å². The van der Waals surface area contributed by atoms with E-state index in [0.29, 0.717) is 25.8 Å². The second-order valence-corrected chi connectivity index (χ2v) is 7.91. The van der Waals surface area contributed by atoms with E-state index in [2.05, 4.69) is 16.0 Å². The molecule has 0 aliphatic heterocycles. The second-order valence-electron chi connectivity index (χ2n) is 7.91. The van der Waals surface area contributed by atoms with E-state index in [1.54, 1.807) is 13.8 Å². The SMILES string of the molecule is CCC(C)C(NC(=O)C(N)CCC(N)=O)C(=O)NC(CO)C(=O)NC(CCCCN)C(=O)O. The highest BCUT2D eigenvalue weighted by atomic mass is 16.4. The van der Waals surface area contributed by atoms with Crippen molar-refractivity contribution in [2.24, 2.45) is 23.1 Å². The Morgan fingerprint density at radius 1 is 0.909 bits per heavy atom. The predicted octanol–water partition coefficient (Wildman–Crippen LogP) is -2.71. The Hall–Kier alpha value is -2.77. The molecule has 0 radical (unpaired) electrons. The Balaban J connectivity index is 5.21. The van der Waals surface area contributed by atoms with Gasteiger partial charge >= 0.3 is 5.97 Å². The topological polar surface area (TPSA) is 240 Å². The minimum Gasteiger partial charge on any atom is -0.480 e. The first-order valence-electron chi connectivity index (χ1n) is 11.0. The number of unbranched alkanes of at least 4 members (excludes halogenated alkanes) is 1. The first-order chi connectivity index (χ1) is 15.5. The van der Waals surface area contributed by atoms with Crippen LogP contribution in [0.3, 0.4) is 0 Å². The van der Waals surface area contributed by atoms with E-state index in [-0.39, 0.29) is 25.2 Å². The Morgan fingerprint density at radius 3 is 2.00 bits per heavy atom. The monoisotopic (exact) mass is 474 g/mol. The minimum atomic E-state index is -1.43. The third-order valence-corrected chi connectivity index (χ3v) is 5.21. The molecule has 13 nitrogen and oxygen atoms in total. The molecule has 4 amide bonds. The molecule has 0 heterocycles. The average Bonchev–Trinajstić information content (AvgIpc) is 2.77. The number of aliphatic carboxylic acids is 1. The van der Waals surface area contributed by atoms with Crippen LogP contribution in [-0.2, 0) is 24.0 Å². The second kappa shape index (κ2) is 15.9. The first kappa shape index (κ1) is 30.2. The quantitative estimate of drug-likeness (QED) is 0.102. The van der Waals surface area contributed by atoms with Gasteiger partial charge in [-0.3, -0.25) is 19.2 Å². The predicted molar refractivity (Wildman–Crippen MR) is 119 cm³/mol. The van der Waals surface area contributed by atoms with Crippen LogP contribution in [0.4, 0.5) is 0 Å². The van der Waals surface area contributed by atoms with Crippen molar-refractivity contribution in [3.8, 4) is 0 Å². The van der Waals surface area contributed by atoms with Crippen LogP contribution in [0.15, 0.2) is 0 Å². The molecule has 0 saturated carbocycles. The number of carboxylic acids is 1.